The van der Waals surface area contributed by atoms with Crippen molar-refractivity contribution in [2.75, 3.05) is 18.0 Å². The molecule has 2 aliphatic rings. The van der Waals surface area contributed by atoms with Gasteiger partial charge in [-0.25, -0.2) is 0 Å². The monoisotopic (exact) mass is 244 g/mol. The zero-order valence-corrected chi connectivity index (χ0v) is 11.3. The van der Waals surface area contributed by atoms with Crippen molar-refractivity contribution in [1.82, 2.24) is 0 Å². The van der Waals surface area contributed by atoms with E-state index < -0.39 is 0 Å². The lowest BCUT2D eigenvalue weighted by Gasteiger charge is -2.28. The maximum Gasteiger partial charge on any atom is 0.0404 e. The Kier molecular flexibility index (Phi) is 3.29. The van der Waals surface area contributed by atoms with Crippen LogP contribution in [0.25, 0.3) is 0 Å². The van der Waals surface area contributed by atoms with E-state index in [4.69, 9.17) is 5.73 Å². The molecular formula is C16H24N2. The molecule has 1 aliphatic heterocycles. The first-order valence-corrected chi connectivity index (χ1v) is 7.35. The van der Waals surface area contributed by atoms with Crippen LogP contribution in [0.5, 0.6) is 0 Å². The number of benzene rings is 1. The van der Waals surface area contributed by atoms with Gasteiger partial charge in [-0.1, -0.05) is 31.0 Å². The smallest absolute Gasteiger partial charge is 0.0404 e. The third kappa shape index (κ3) is 2.26. The normalized spacial score (nSPS) is 24.1. The van der Waals surface area contributed by atoms with Gasteiger partial charge in [0.05, 0.1) is 0 Å². The number of para-hydroxylation sites is 1. The highest BCUT2D eigenvalue weighted by atomic mass is 15.2. The zero-order valence-electron chi connectivity index (χ0n) is 11.3. The van der Waals surface area contributed by atoms with E-state index in [1.807, 2.05) is 0 Å². The molecule has 98 valence electrons. The Morgan fingerprint density at radius 1 is 1.33 bits per heavy atom. The Morgan fingerprint density at radius 2 is 2.11 bits per heavy atom. The molecule has 1 aromatic rings. The lowest BCUT2D eigenvalue weighted by molar-refractivity contribution is 0.538. The molecule has 2 heteroatoms. The van der Waals surface area contributed by atoms with Crippen LogP contribution in [0.4, 0.5) is 5.69 Å². The number of hydrogen-bond donors (Lipinski definition) is 1. The molecule has 0 radical (unpaired) electrons. The van der Waals surface area contributed by atoms with Gasteiger partial charge in [0.15, 0.2) is 0 Å². The van der Waals surface area contributed by atoms with Crippen LogP contribution in [0.1, 0.15) is 44.1 Å². The molecule has 0 saturated heterocycles. The van der Waals surface area contributed by atoms with Gasteiger partial charge in [-0.15, -0.1) is 0 Å². The fourth-order valence-corrected chi connectivity index (χ4v) is 3.36. The van der Waals surface area contributed by atoms with Crippen LogP contribution < -0.4 is 10.6 Å². The van der Waals surface area contributed by atoms with Crippen LogP contribution in [-0.2, 0) is 0 Å². The van der Waals surface area contributed by atoms with E-state index in [1.54, 1.807) is 0 Å². The van der Waals surface area contributed by atoms with Gasteiger partial charge in [0.25, 0.3) is 0 Å². The van der Waals surface area contributed by atoms with Crippen LogP contribution in [0, 0.1) is 5.92 Å². The van der Waals surface area contributed by atoms with Crippen molar-refractivity contribution in [3.05, 3.63) is 29.8 Å². The molecule has 2 nitrogen and oxygen atoms in total. The zero-order chi connectivity index (χ0) is 12.5. The molecule has 0 aromatic heterocycles. The summed E-state index contributed by atoms with van der Waals surface area (Å²) < 4.78 is 0. The summed E-state index contributed by atoms with van der Waals surface area (Å²) in [5, 5.41) is 0. The Balaban J connectivity index is 1.79. The quantitative estimate of drug-likeness (QED) is 0.862. The highest BCUT2D eigenvalue weighted by Crippen LogP contribution is 2.42. The van der Waals surface area contributed by atoms with Gasteiger partial charge in [0.1, 0.15) is 0 Å². The van der Waals surface area contributed by atoms with Crippen molar-refractivity contribution in [3.63, 3.8) is 0 Å². The summed E-state index contributed by atoms with van der Waals surface area (Å²) in [7, 11) is 0. The molecule has 18 heavy (non-hydrogen) atoms. The van der Waals surface area contributed by atoms with Crippen molar-refractivity contribution in [2.45, 2.75) is 44.6 Å². The third-order valence-electron chi connectivity index (χ3n) is 4.52. The SMILES string of the molecule is CC(CC1CC1)N1CC(CCN)c2ccccc21. The van der Waals surface area contributed by atoms with Crippen molar-refractivity contribution in [3.8, 4) is 0 Å². The molecule has 1 saturated carbocycles. The standard InChI is InChI=1S/C16H24N2/c1-12(10-13-6-7-13)18-11-14(8-9-17)15-4-2-3-5-16(15)18/h2-5,12-14H,6-11,17H2,1H3. The van der Waals surface area contributed by atoms with E-state index >= 15 is 0 Å². The van der Waals surface area contributed by atoms with Crippen LogP contribution >= 0.6 is 0 Å². The number of rotatable bonds is 5. The Morgan fingerprint density at radius 3 is 2.83 bits per heavy atom. The van der Waals surface area contributed by atoms with Gasteiger partial charge < -0.3 is 10.6 Å². The first-order chi connectivity index (χ1) is 8.79. The summed E-state index contributed by atoms with van der Waals surface area (Å²) in [5.41, 5.74) is 8.74. The average Bonchev–Trinajstić information content (AvgIpc) is 3.11. The van der Waals surface area contributed by atoms with Gasteiger partial charge in [0.2, 0.25) is 0 Å². The van der Waals surface area contributed by atoms with E-state index in [2.05, 4.69) is 36.1 Å². The number of hydrogen-bond acceptors (Lipinski definition) is 2. The molecule has 1 aliphatic carbocycles. The van der Waals surface area contributed by atoms with E-state index in [9.17, 15) is 0 Å². The fourth-order valence-electron chi connectivity index (χ4n) is 3.36. The van der Waals surface area contributed by atoms with Crippen LogP contribution in [-0.4, -0.2) is 19.1 Å². The molecule has 2 unspecified atom stereocenters. The fraction of sp³-hybridized carbons (Fsp3) is 0.625. The maximum atomic E-state index is 5.76. The van der Waals surface area contributed by atoms with E-state index in [0.29, 0.717) is 12.0 Å². The molecule has 1 fully saturated rings. The van der Waals surface area contributed by atoms with Crippen molar-refractivity contribution in [1.29, 1.82) is 0 Å². The second-order valence-corrected chi connectivity index (χ2v) is 6.01. The molecule has 0 amide bonds. The summed E-state index contributed by atoms with van der Waals surface area (Å²) in [6.07, 6.45) is 5.38. The first-order valence-electron chi connectivity index (χ1n) is 7.35. The van der Waals surface area contributed by atoms with Crippen molar-refractivity contribution >= 4 is 5.69 Å². The topological polar surface area (TPSA) is 29.3 Å². The second kappa shape index (κ2) is 4.93. The van der Waals surface area contributed by atoms with Gasteiger partial charge in [0, 0.05) is 24.2 Å². The number of anilines is 1. The minimum atomic E-state index is 0.646. The Hall–Kier alpha value is -1.02. The van der Waals surface area contributed by atoms with Gasteiger partial charge in [-0.2, -0.15) is 0 Å². The average molecular weight is 244 g/mol. The highest BCUT2D eigenvalue weighted by molar-refractivity contribution is 5.60. The number of nitrogens with two attached hydrogens (primary N) is 1. The third-order valence-corrected chi connectivity index (χ3v) is 4.52. The molecule has 3 rings (SSSR count). The number of fused-ring (bicyclic) bond motifs is 1. The van der Waals surface area contributed by atoms with E-state index in [1.165, 1.54) is 37.1 Å². The summed E-state index contributed by atoms with van der Waals surface area (Å²) >= 11 is 0. The van der Waals surface area contributed by atoms with Crippen molar-refractivity contribution in [2.24, 2.45) is 11.7 Å². The summed E-state index contributed by atoms with van der Waals surface area (Å²) in [6.45, 7) is 4.36. The van der Waals surface area contributed by atoms with Crippen LogP contribution in [0.2, 0.25) is 0 Å². The predicted octanol–water partition coefficient (Wildman–Crippen LogP) is 3.13. The first kappa shape index (κ1) is 12.0. The van der Waals surface area contributed by atoms with Gasteiger partial charge in [-0.05, 0) is 43.9 Å². The van der Waals surface area contributed by atoms with E-state index in [0.717, 1.165) is 18.9 Å². The summed E-state index contributed by atoms with van der Waals surface area (Å²) in [4.78, 5) is 2.62. The second-order valence-electron chi connectivity index (χ2n) is 6.01. The van der Waals surface area contributed by atoms with Crippen molar-refractivity contribution < 1.29 is 0 Å². The largest absolute Gasteiger partial charge is 0.368 e. The molecule has 0 spiro atoms. The summed E-state index contributed by atoms with van der Waals surface area (Å²) in [5.74, 6) is 1.65. The Labute approximate surface area is 110 Å². The predicted molar refractivity (Wildman–Crippen MR) is 77.0 cm³/mol. The van der Waals surface area contributed by atoms with Gasteiger partial charge >= 0.3 is 0 Å². The molecule has 1 aromatic carbocycles. The minimum absolute atomic E-state index is 0.646. The number of nitrogens with zero attached hydrogens (tertiary/aromatic N) is 1. The lowest BCUT2D eigenvalue weighted by atomic mass is 9.98. The van der Waals surface area contributed by atoms with Crippen LogP contribution in [0.3, 0.4) is 0 Å². The lowest BCUT2D eigenvalue weighted by Crippen LogP contribution is -2.32. The molecule has 1 heterocycles. The van der Waals surface area contributed by atoms with E-state index in [-0.39, 0.29) is 0 Å². The van der Waals surface area contributed by atoms with Gasteiger partial charge in [-0.3, -0.25) is 0 Å². The highest BCUT2D eigenvalue weighted by Gasteiger charge is 2.33. The Bertz CT molecular complexity index is 411. The minimum Gasteiger partial charge on any atom is -0.368 e. The molecule has 2 N–H and O–H groups in total. The molecular weight excluding hydrogens is 220 g/mol. The maximum absolute atomic E-state index is 5.76. The van der Waals surface area contributed by atoms with Crippen LogP contribution in [0.15, 0.2) is 24.3 Å². The molecule has 0 bridgehead atoms. The summed E-state index contributed by atoms with van der Waals surface area (Å²) in [6, 6.07) is 9.59. The molecule has 2 atom stereocenters.